The molecule has 2 aromatic heterocycles. The molecule has 3 heterocycles. The van der Waals surface area contributed by atoms with E-state index in [1.807, 2.05) is 14.0 Å². The second-order valence-electron chi connectivity index (χ2n) is 6.14. The van der Waals surface area contributed by atoms with Gasteiger partial charge in [-0.25, -0.2) is 9.97 Å². The number of carbonyl (C=O) groups excluding carboxylic acids is 2. The molecule has 154 valence electrons. The van der Waals surface area contributed by atoms with E-state index in [-0.39, 0.29) is 6.10 Å². The van der Waals surface area contributed by atoms with Crippen LogP contribution in [-0.4, -0.2) is 66.5 Å². The van der Waals surface area contributed by atoms with Crippen molar-refractivity contribution in [1.82, 2.24) is 20.3 Å². The molecule has 1 aliphatic heterocycles. The van der Waals surface area contributed by atoms with Crippen LogP contribution in [0.15, 0.2) is 6.20 Å². The Morgan fingerprint density at radius 1 is 1.61 bits per heavy atom. The fraction of sp³-hybridized carbons (Fsp3) is 0.529. The fourth-order valence-corrected chi connectivity index (χ4v) is 3.96. The van der Waals surface area contributed by atoms with Crippen LogP contribution in [0.5, 0.6) is 0 Å². The number of nitrogens with zero attached hydrogens (tertiary/aromatic N) is 3. The molecule has 3 rings (SSSR count). The number of nitrogens with two attached hydrogens (primary N) is 1. The van der Waals surface area contributed by atoms with Crippen molar-refractivity contribution in [2.45, 2.75) is 31.9 Å². The van der Waals surface area contributed by atoms with E-state index in [0.29, 0.717) is 28.2 Å². The number of aromatic amines is 1. The molecule has 11 heteroatoms. The van der Waals surface area contributed by atoms with E-state index in [1.54, 1.807) is 7.11 Å². The van der Waals surface area contributed by atoms with Gasteiger partial charge in [-0.15, -0.1) is 0 Å². The summed E-state index contributed by atoms with van der Waals surface area (Å²) in [4.78, 5) is 34.6. The number of aldehydes is 1. The number of H-pyrrole nitrogens is 1. The number of nitrogens with one attached hydrogen (secondary N) is 2. The molecule has 0 spiro atoms. The van der Waals surface area contributed by atoms with Crippen LogP contribution in [0, 0.1) is 0 Å². The molecule has 0 aliphatic carbocycles. The number of primary amides is 1. The van der Waals surface area contributed by atoms with Crippen molar-refractivity contribution >= 4 is 40.3 Å². The van der Waals surface area contributed by atoms with E-state index >= 15 is 0 Å². The van der Waals surface area contributed by atoms with Crippen LogP contribution in [0.1, 0.15) is 39.3 Å². The smallest absolute Gasteiger partial charge is 0.260 e. The van der Waals surface area contributed by atoms with E-state index in [0.717, 1.165) is 36.8 Å². The van der Waals surface area contributed by atoms with Gasteiger partial charge < -0.3 is 25.7 Å². The Balaban J connectivity index is 0.000000237. The summed E-state index contributed by atoms with van der Waals surface area (Å²) < 4.78 is 5.48. The average molecular weight is 429 g/mol. The Morgan fingerprint density at radius 3 is 2.82 bits per heavy atom. The number of hydrogen-bond acceptors (Lipinski definition) is 8. The number of methoxy groups -OCH3 is 1. The van der Waals surface area contributed by atoms with Gasteiger partial charge in [-0.05, 0) is 19.9 Å². The maximum Gasteiger partial charge on any atom is 0.260 e. The summed E-state index contributed by atoms with van der Waals surface area (Å²) in [6.45, 7) is 3.61. The number of likely N-dealkylation sites (N-methyl/N-ethyl adjacent to an activating group) is 1. The molecule has 2 aromatic rings. The van der Waals surface area contributed by atoms with Gasteiger partial charge in [0.25, 0.3) is 5.91 Å². The first-order valence-corrected chi connectivity index (χ1v) is 10.0. The largest absolute Gasteiger partial charge is 0.378 e. The lowest BCUT2D eigenvalue weighted by molar-refractivity contribution is 0.0628. The molecule has 1 aliphatic rings. The number of hydrogen-bond donors (Lipinski definition) is 3. The van der Waals surface area contributed by atoms with Crippen molar-refractivity contribution in [3.8, 4) is 0 Å². The van der Waals surface area contributed by atoms with Crippen LogP contribution >= 0.6 is 22.9 Å². The number of thiazole rings is 1. The predicted molar refractivity (Wildman–Crippen MR) is 109 cm³/mol. The number of piperidine rings is 1. The minimum Gasteiger partial charge on any atom is -0.378 e. The van der Waals surface area contributed by atoms with E-state index in [2.05, 4.69) is 25.2 Å². The molecule has 1 fully saturated rings. The third-order valence-electron chi connectivity index (χ3n) is 4.45. The molecular formula is C17H25ClN6O3S. The minimum atomic E-state index is -0.424. The first kappa shape index (κ1) is 22.3. The van der Waals surface area contributed by atoms with Crippen molar-refractivity contribution in [2.75, 3.05) is 32.1 Å². The van der Waals surface area contributed by atoms with Crippen LogP contribution in [0.4, 0.5) is 5.13 Å². The molecule has 0 saturated carbocycles. The van der Waals surface area contributed by atoms with E-state index in [4.69, 9.17) is 22.1 Å². The van der Waals surface area contributed by atoms with Crippen LogP contribution in [0.3, 0.4) is 0 Å². The van der Waals surface area contributed by atoms with Crippen molar-refractivity contribution in [1.29, 1.82) is 0 Å². The number of imidazole rings is 1. The number of aryl methyl sites for hydroxylation is 1. The summed E-state index contributed by atoms with van der Waals surface area (Å²) in [6.07, 6.45) is 4.06. The summed E-state index contributed by atoms with van der Waals surface area (Å²) in [5, 5.41) is 4.48. The highest BCUT2D eigenvalue weighted by atomic mass is 35.5. The predicted octanol–water partition coefficient (Wildman–Crippen LogP) is 1.49. The van der Waals surface area contributed by atoms with Gasteiger partial charge in [-0.2, -0.15) is 0 Å². The molecule has 2 atom stereocenters. The number of rotatable bonds is 6. The minimum absolute atomic E-state index is 0.129. The maximum absolute atomic E-state index is 11.1. The summed E-state index contributed by atoms with van der Waals surface area (Å²) in [5.41, 5.74) is 6.04. The molecule has 28 heavy (non-hydrogen) atoms. The van der Waals surface area contributed by atoms with Crippen molar-refractivity contribution in [3.05, 3.63) is 27.7 Å². The van der Waals surface area contributed by atoms with Crippen molar-refractivity contribution in [2.24, 2.45) is 5.73 Å². The van der Waals surface area contributed by atoms with Crippen LogP contribution in [-0.2, 0) is 11.2 Å². The molecule has 0 bridgehead atoms. The van der Waals surface area contributed by atoms with Gasteiger partial charge in [0.2, 0.25) is 0 Å². The summed E-state index contributed by atoms with van der Waals surface area (Å²) in [6, 6.07) is 0.363. The van der Waals surface area contributed by atoms with Gasteiger partial charge in [-0.3, -0.25) is 9.59 Å². The molecule has 0 aromatic carbocycles. The Bertz CT molecular complexity index is 796. The summed E-state index contributed by atoms with van der Waals surface area (Å²) in [7, 11) is 3.66. The number of carbonyl (C=O) groups is 2. The fourth-order valence-electron chi connectivity index (χ4n) is 2.88. The lowest BCUT2D eigenvalue weighted by atomic mass is 10.0. The first-order valence-electron chi connectivity index (χ1n) is 8.83. The van der Waals surface area contributed by atoms with Gasteiger partial charge in [0, 0.05) is 26.2 Å². The monoisotopic (exact) mass is 428 g/mol. The Hall–Kier alpha value is -2.01. The van der Waals surface area contributed by atoms with E-state index in [9.17, 15) is 9.59 Å². The number of ether oxygens (including phenoxy) is 1. The second-order valence-corrected chi connectivity index (χ2v) is 7.51. The van der Waals surface area contributed by atoms with Crippen molar-refractivity contribution in [3.63, 3.8) is 0 Å². The van der Waals surface area contributed by atoms with Gasteiger partial charge in [0.1, 0.15) is 4.88 Å². The SMILES string of the molecule is CCc1[nH]c(C=O)nc1Cl.CN[C@@H]1CCN(c2ncc(C(N)=O)s2)C[C@@H]1OC. The van der Waals surface area contributed by atoms with Gasteiger partial charge in [-0.1, -0.05) is 29.9 Å². The quantitative estimate of drug-likeness (QED) is 0.595. The molecule has 9 nitrogen and oxygen atoms in total. The Morgan fingerprint density at radius 2 is 2.36 bits per heavy atom. The summed E-state index contributed by atoms with van der Waals surface area (Å²) >= 11 is 6.96. The maximum atomic E-state index is 11.1. The highest BCUT2D eigenvalue weighted by molar-refractivity contribution is 7.17. The lowest BCUT2D eigenvalue weighted by Crippen LogP contribution is -2.52. The average Bonchev–Trinajstić information content (AvgIpc) is 3.34. The van der Waals surface area contributed by atoms with Gasteiger partial charge >= 0.3 is 0 Å². The summed E-state index contributed by atoms with van der Waals surface area (Å²) in [5.74, 6) is -0.131. The highest BCUT2D eigenvalue weighted by Crippen LogP contribution is 2.26. The number of amides is 1. The molecule has 4 N–H and O–H groups in total. The topological polar surface area (TPSA) is 126 Å². The van der Waals surface area contributed by atoms with Gasteiger partial charge in [0.15, 0.2) is 22.4 Å². The standard InChI is InChI=1S/C11H18N4O2S.C6H7ClN2O/c1-13-7-3-4-15(6-8(7)17-2)11-14-5-9(18-11)10(12)16;1-2-4-6(7)9-5(3-10)8-4/h5,7-8,13H,3-4,6H2,1-2H3,(H2,12,16);3H,2H2,1H3,(H,8,9)/t7-,8+;/m1./s1. The third kappa shape index (κ3) is 5.51. The molecule has 1 saturated heterocycles. The zero-order chi connectivity index (χ0) is 20.7. The van der Waals surface area contributed by atoms with Crippen molar-refractivity contribution < 1.29 is 14.3 Å². The lowest BCUT2D eigenvalue weighted by Gasteiger charge is -2.37. The Labute approximate surface area is 172 Å². The first-order chi connectivity index (χ1) is 13.4. The molecule has 0 unspecified atom stereocenters. The van der Waals surface area contributed by atoms with E-state index < -0.39 is 5.91 Å². The number of aromatic nitrogens is 3. The third-order valence-corrected chi connectivity index (χ3v) is 5.84. The molecule has 0 radical (unpaired) electrons. The number of anilines is 1. The van der Waals surface area contributed by atoms with Crippen LogP contribution in [0.2, 0.25) is 5.15 Å². The highest BCUT2D eigenvalue weighted by Gasteiger charge is 2.29. The zero-order valence-corrected chi connectivity index (χ0v) is 17.6. The zero-order valence-electron chi connectivity index (χ0n) is 16.1. The van der Waals surface area contributed by atoms with Crippen LogP contribution < -0.4 is 16.0 Å². The van der Waals surface area contributed by atoms with E-state index in [1.165, 1.54) is 17.5 Å². The normalized spacial score (nSPS) is 19.1. The Kier molecular flexibility index (Phi) is 8.36. The molecule has 1 amide bonds. The second kappa shape index (κ2) is 10.5. The van der Waals surface area contributed by atoms with Gasteiger partial charge in [0.05, 0.1) is 18.0 Å². The van der Waals surface area contributed by atoms with Crippen LogP contribution in [0.25, 0.3) is 0 Å². The number of halogens is 1. The molecular weight excluding hydrogens is 404 g/mol.